The lowest BCUT2D eigenvalue weighted by atomic mass is 10.2. The largest absolute Gasteiger partial charge is 0.494 e. The van der Waals surface area contributed by atoms with Gasteiger partial charge in [-0.2, -0.15) is 0 Å². The minimum Gasteiger partial charge on any atom is -0.494 e. The molecule has 1 aliphatic rings. The summed E-state index contributed by atoms with van der Waals surface area (Å²) in [6.07, 6.45) is -0.761. The summed E-state index contributed by atoms with van der Waals surface area (Å²) in [5, 5.41) is 21.2. The minimum absolute atomic E-state index is 0.0137. The summed E-state index contributed by atoms with van der Waals surface area (Å²) in [5.41, 5.74) is 0.536. The maximum absolute atomic E-state index is 12.1. The van der Waals surface area contributed by atoms with Crippen molar-refractivity contribution in [1.29, 1.82) is 0 Å². The fourth-order valence-electron chi connectivity index (χ4n) is 2.27. The van der Waals surface area contributed by atoms with Crippen molar-refractivity contribution in [3.05, 3.63) is 24.3 Å². The number of nitrogens with zero attached hydrogens (tertiary/aromatic N) is 1. The number of carboxylic acid groups (broad SMARTS) is 1. The summed E-state index contributed by atoms with van der Waals surface area (Å²) in [5.74, 6) is -0.427. The van der Waals surface area contributed by atoms with Crippen molar-refractivity contribution in [1.82, 2.24) is 4.90 Å². The number of aliphatic hydroxyl groups is 1. The molecule has 2 atom stereocenters. The van der Waals surface area contributed by atoms with E-state index in [1.54, 1.807) is 24.3 Å². The quantitative estimate of drug-likeness (QED) is 0.773. The van der Waals surface area contributed by atoms with Crippen LogP contribution in [0.15, 0.2) is 24.3 Å². The molecule has 3 N–H and O–H groups in total. The lowest BCUT2D eigenvalue weighted by molar-refractivity contribution is -0.141. The number of aliphatic hydroxyl groups excluding tert-OH is 1. The highest BCUT2D eigenvalue weighted by molar-refractivity contribution is 5.92. The number of ether oxygens (including phenoxy) is 1. The average molecular weight is 294 g/mol. The number of β-amino-alcohol motifs (C(OH)–C–C–N with tert-alkyl or cyclic N) is 1. The van der Waals surface area contributed by atoms with Crippen molar-refractivity contribution in [2.24, 2.45) is 0 Å². The van der Waals surface area contributed by atoms with Crippen LogP contribution in [-0.4, -0.2) is 52.4 Å². The van der Waals surface area contributed by atoms with Crippen molar-refractivity contribution in [2.45, 2.75) is 25.5 Å². The Labute approximate surface area is 122 Å². The molecule has 1 heterocycles. The highest BCUT2D eigenvalue weighted by atomic mass is 16.5. The molecule has 0 saturated carbocycles. The van der Waals surface area contributed by atoms with E-state index in [2.05, 4.69) is 5.32 Å². The highest BCUT2D eigenvalue weighted by Gasteiger charge is 2.38. The molecular weight excluding hydrogens is 276 g/mol. The maximum atomic E-state index is 12.1. The molecule has 7 heteroatoms. The first-order valence-corrected chi connectivity index (χ1v) is 6.72. The van der Waals surface area contributed by atoms with E-state index in [0.717, 1.165) is 4.90 Å². The molecular formula is C14H18N2O5. The predicted octanol–water partition coefficient (Wildman–Crippen LogP) is 1.14. The predicted molar refractivity (Wildman–Crippen MR) is 75.4 cm³/mol. The van der Waals surface area contributed by atoms with Crippen LogP contribution in [0, 0.1) is 0 Å². The Bertz CT molecular complexity index is 517. The van der Waals surface area contributed by atoms with Crippen LogP contribution in [0.3, 0.4) is 0 Å². The van der Waals surface area contributed by atoms with Crippen LogP contribution in [0.4, 0.5) is 10.5 Å². The number of carboxylic acids is 1. The van der Waals surface area contributed by atoms with Crippen LogP contribution in [0.5, 0.6) is 5.75 Å². The van der Waals surface area contributed by atoms with E-state index in [1.165, 1.54) is 0 Å². The molecule has 0 unspecified atom stereocenters. The molecule has 2 rings (SSSR count). The maximum Gasteiger partial charge on any atom is 0.326 e. The van der Waals surface area contributed by atoms with E-state index in [-0.39, 0.29) is 13.0 Å². The number of rotatable bonds is 4. The molecule has 0 spiro atoms. The van der Waals surface area contributed by atoms with Crippen molar-refractivity contribution in [3.8, 4) is 5.75 Å². The molecule has 0 bridgehead atoms. The number of likely N-dealkylation sites (tertiary alicyclic amines) is 1. The van der Waals surface area contributed by atoms with Crippen LogP contribution >= 0.6 is 0 Å². The number of nitrogens with one attached hydrogen (secondary N) is 1. The first-order chi connectivity index (χ1) is 10.0. The number of hydrogen-bond acceptors (Lipinski definition) is 4. The zero-order chi connectivity index (χ0) is 15.4. The van der Waals surface area contributed by atoms with E-state index in [9.17, 15) is 14.7 Å². The van der Waals surface area contributed by atoms with Crippen LogP contribution in [0.1, 0.15) is 13.3 Å². The molecule has 1 aliphatic heterocycles. The van der Waals surface area contributed by atoms with Gasteiger partial charge in [0.25, 0.3) is 0 Å². The molecule has 1 aromatic rings. The standard InChI is InChI=1S/C14H18N2O5/c1-2-21-11-5-3-9(4-6-11)15-14(20)16-8-10(17)7-12(16)13(18)19/h3-6,10,12,17H,2,7-8H2,1H3,(H,15,20)(H,18,19)/t10-,12+/m1/s1. The molecule has 0 radical (unpaired) electrons. The van der Waals surface area contributed by atoms with Gasteiger partial charge < -0.3 is 25.2 Å². The Hall–Kier alpha value is -2.28. The molecule has 114 valence electrons. The van der Waals surface area contributed by atoms with Crippen LogP contribution in [0.2, 0.25) is 0 Å². The number of amides is 2. The Morgan fingerprint density at radius 2 is 2.05 bits per heavy atom. The summed E-state index contributed by atoms with van der Waals surface area (Å²) in [4.78, 5) is 24.3. The Balaban J connectivity index is 2.01. The lowest BCUT2D eigenvalue weighted by Crippen LogP contribution is -2.43. The van der Waals surface area contributed by atoms with Crippen LogP contribution < -0.4 is 10.1 Å². The normalized spacial score (nSPS) is 21.1. The second-order valence-corrected chi connectivity index (χ2v) is 4.78. The zero-order valence-corrected chi connectivity index (χ0v) is 11.7. The third-order valence-corrected chi connectivity index (χ3v) is 3.24. The third-order valence-electron chi connectivity index (χ3n) is 3.24. The number of benzene rings is 1. The van der Waals surface area contributed by atoms with E-state index < -0.39 is 24.1 Å². The number of hydrogen-bond donors (Lipinski definition) is 3. The number of carbonyl (C=O) groups is 2. The second-order valence-electron chi connectivity index (χ2n) is 4.78. The van der Waals surface area contributed by atoms with Crippen LogP contribution in [0.25, 0.3) is 0 Å². The van der Waals surface area contributed by atoms with Gasteiger partial charge in [-0.3, -0.25) is 0 Å². The Morgan fingerprint density at radius 1 is 1.38 bits per heavy atom. The first-order valence-electron chi connectivity index (χ1n) is 6.72. The first kappa shape index (κ1) is 15.1. The summed E-state index contributed by atoms with van der Waals surface area (Å²) in [6.45, 7) is 2.44. The van der Waals surface area contributed by atoms with Gasteiger partial charge in [0.15, 0.2) is 0 Å². The van der Waals surface area contributed by atoms with Gasteiger partial charge in [0.1, 0.15) is 11.8 Å². The van der Waals surface area contributed by atoms with Gasteiger partial charge in [0.05, 0.1) is 12.7 Å². The van der Waals surface area contributed by atoms with Crippen molar-refractivity contribution < 1.29 is 24.5 Å². The highest BCUT2D eigenvalue weighted by Crippen LogP contribution is 2.21. The van der Waals surface area contributed by atoms with Crippen molar-refractivity contribution in [3.63, 3.8) is 0 Å². The van der Waals surface area contributed by atoms with Gasteiger partial charge in [-0.05, 0) is 31.2 Å². The molecule has 21 heavy (non-hydrogen) atoms. The van der Waals surface area contributed by atoms with Crippen molar-refractivity contribution >= 4 is 17.7 Å². The molecule has 1 aromatic carbocycles. The van der Waals surface area contributed by atoms with Crippen molar-refractivity contribution in [2.75, 3.05) is 18.5 Å². The summed E-state index contributed by atoms with van der Waals surface area (Å²) in [7, 11) is 0. The molecule has 7 nitrogen and oxygen atoms in total. The van der Waals surface area contributed by atoms with E-state index in [1.807, 2.05) is 6.92 Å². The SMILES string of the molecule is CCOc1ccc(NC(=O)N2C[C@H](O)C[C@H]2C(=O)O)cc1. The fraction of sp³-hybridized carbons (Fsp3) is 0.429. The summed E-state index contributed by atoms with van der Waals surface area (Å²) >= 11 is 0. The summed E-state index contributed by atoms with van der Waals surface area (Å²) < 4.78 is 5.29. The number of urea groups is 1. The number of carbonyl (C=O) groups excluding carboxylic acids is 1. The van der Waals surface area contributed by atoms with Gasteiger partial charge in [0.2, 0.25) is 0 Å². The van der Waals surface area contributed by atoms with E-state index in [0.29, 0.717) is 18.0 Å². The summed E-state index contributed by atoms with van der Waals surface area (Å²) in [6, 6.07) is 5.24. The minimum atomic E-state index is -1.12. The van der Waals surface area contributed by atoms with Gasteiger partial charge in [-0.25, -0.2) is 9.59 Å². The molecule has 1 saturated heterocycles. The molecule has 1 fully saturated rings. The molecule has 0 aliphatic carbocycles. The molecule has 2 amide bonds. The Kier molecular flexibility index (Phi) is 4.64. The van der Waals surface area contributed by atoms with Gasteiger partial charge in [0, 0.05) is 18.7 Å². The average Bonchev–Trinajstić information content (AvgIpc) is 2.84. The number of anilines is 1. The van der Waals surface area contributed by atoms with Gasteiger partial charge in [-0.15, -0.1) is 0 Å². The topological polar surface area (TPSA) is 99.1 Å². The zero-order valence-electron chi connectivity index (χ0n) is 11.7. The fourth-order valence-corrected chi connectivity index (χ4v) is 2.27. The van der Waals surface area contributed by atoms with E-state index in [4.69, 9.17) is 9.84 Å². The lowest BCUT2D eigenvalue weighted by Gasteiger charge is -2.21. The van der Waals surface area contributed by atoms with Crippen LogP contribution in [-0.2, 0) is 4.79 Å². The monoisotopic (exact) mass is 294 g/mol. The van der Waals surface area contributed by atoms with Gasteiger partial charge in [-0.1, -0.05) is 0 Å². The number of aliphatic carboxylic acids is 1. The molecule has 0 aromatic heterocycles. The van der Waals surface area contributed by atoms with Gasteiger partial charge >= 0.3 is 12.0 Å². The smallest absolute Gasteiger partial charge is 0.326 e. The third kappa shape index (κ3) is 3.63. The van der Waals surface area contributed by atoms with E-state index >= 15 is 0 Å². The second kappa shape index (κ2) is 6.45. The Morgan fingerprint density at radius 3 is 2.62 bits per heavy atom.